The van der Waals surface area contributed by atoms with Crippen LogP contribution in [-0.2, 0) is 0 Å². The minimum atomic E-state index is 0.123. The van der Waals surface area contributed by atoms with Crippen molar-refractivity contribution in [2.24, 2.45) is 0 Å². The largest absolute Gasteiger partial charge is 0.495 e. The summed E-state index contributed by atoms with van der Waals surface area (Å²) in [5, 5.41) is 0. The van der Waals surface area contributed by atoms with Gasteiger partial charge < -0.3 is 15.2 Å². The normalized spacial score (nSPS) is 10.5. The lowest BCUT2D eigenvalue weighted by molar-refractivity contribution is 0.241. The highest BCUT2D eigenvalue weighted by atomic mass is 16.5. The third-order valence-corrected chi connectivity index (χ3v) is 2.65. The van der Waals surface area contributed by atoms with Crippen LogP contribution < -0.4 is 15.2 Å². The van der Waals surface area contributed by atoms with Crippen molar-refractivity contribution in [3.8, 4) is 22.6 Å². The van der Waals surface area contributed by atoms with Gasteiger partial charge in [0.2, 0.25) is 0 Å². The molecule has 2 N–H and O–H groups in total. The van der Waals surface area contributed by atoms with Crippen LogP contribution >= 0.6 is 0 Å². The molecule has 0 unspecified atom stereocenters. The van der Waals surface area contributed by atoms with Gasteiger partial charge in [0.1, 0.15) is 11.5 Å². The molecule has 1 aromatic heterocycles. The van der Waals surface area contributed by atoms with E-state index in [1.807, 2.05) is 38.1 Å². The van der Waals surface area contributed by atoms with Gasteiger partial charge in [0.15, 0.2) is 0 Å². The molecule has 1 heterocycles. The summed E-state index contributed by atoms with van der Waals surface area (Å²) in [6.45, 7) is 3.97. The first kappa shape index (κ1) is 13.2. The van der Waals surface area contributed by atoms with Crippen LogP contribution in [0.5, 0.6) is 11.5 Å². The topological polar surface area (TPSA) is 57.4 Å². The fourth-order valence-electron chi connectivity index (χ4n) is 1.83. The monoisotopic (exact) mass is 258 g/mol. The van der Waals surface area contributed by atoms with E-state index in [9.17, 15) is 0 Å². The number of ether oxygens (including phenoxy) is 2. The summed E-state index contributed by atoms with van der Waals surface area (Å²) in [7, 11) is 1.60. The molecule has 0 aliphatic heterocycles. The van der Waals surface area contributed by atoms with Crippen molar-refractivity contribution in [1.82, 2.24) is 4.98 Å². The molecule has 0 aliphatic carbocycles. The minimum absolute atomic E-state index is 0.123. The summed E-state index contributed by atoms with van der Waals surface area (Å²) in [5.41, 5.74) is 8.47. The van der Waals surface area contributed by atoms with Gasteiger partial charge in [-0.15, -0.1) is 0 Å². The Labute approximate surface area is 113 Å². The SMILES string of the molecule is COc1ccc(-c2cncc(OC(C)C)c2)cc1N. The van der Waals surface area contributed by atoms with E-state index in [0.29, 0.717) is 11.4 Å². The Morgan fingerprint density at radius 2 is 1.89 bits per heavy atom. The second-order valence-corrected chi connectivity index (χ2v) is 4.53. The lowest BCUT2D eigenvalue weighted by Gasteiger charge is -2.11. The highest BCUT2D eigenvalue weighted by molar-refractivity contribution is 5.70. The number of hydrogen-bond donors (Lipinski definition) is 1. The van der Waals surface area contributed by atoms with Crippen molar-refractivity contribution in [3.05, 3.63) is 36.7 Å². The molecule has 0 radical (unpaired) electrons. The molecular weight excluding hydrogens is 240 g/mol. The van der Waals surface area contributed by atoms with Gasteiger partial charge in [-0.05, 0) is 37.6 Å². The van der Waals surface area contributed by atoms with Crippen LogP contribution in [0.15, 0.2) is 36.7 Å². The Morgan fingerprint density at radius 3 is 2.53 bits per heavy atom. The number of hydrogen-bond acceptors (Lipinski definition) is 4. The van der Waals surface area contributed by atoms with Crippen molar-refractivity contribution in [2.75, 3.05) is 12.8 Å². The smallest absolute Gasteiger partial charge is 0.141 e. The zero-order valence-corrected chi connectivity index (χ0v) is 11.4. The Kier molecular flexibility index (Phi) is 3.90. The first-order chi connectivity index (χ1) is 9.10. The number of nitrogens with two attached hydrogens (primary N) is 1. The summed E-state index contributed by atoms with van der Waals surface area (Å²) in [4.78, 5) is 4.19. The Bertz CT molecular complexity index is 568. The van der Waals surface area contributed by atoms with Gasteiger partial charge in [0, 0.05) is 11.8 Å². The maximum absolute atomic E-state index is 5.91. The van der Waals surface area contributed by atoms with E-state index in [1.54, 1.807) is 19.5 Å². The maximum atomic E-state index is 5.91. The molecule has 19 heavy (non-hydrogen) atoms. The molecule has 2 rings (SSSR count). The standard InChI is InChI=1S/C15H18N2O2/c1-10(2)19-13-6-12(8-17-9-13)11-4-5-15(18-3)14(16)7-11/h4-10H,16H2,1-3H3. The molecule has 0 amide bonds. The first-order valence-corrected chi connectivity index (χ1v) is 6.15. The number of methoxy groups -OCH3 is 1. The summed E-state index contributed by atoms with van der Waals surface area (Å²) in [6.07, 6.45) is 3.61. The van der Waals surface area contributed by atoms with Crippen molar-refractivity contribution >= 4 is 5.69 Å². The molecule has 4 nitrogen and oxygen atoms in total. The van der Waals surface area contributed by atoms with Crippen LogP contribution in [-0.4, -0.2) is 18.2 Å². The molecule has 1 aromatic carbocycles. The number of aromatic nitrogens is 1. The van der Waals surface area contributed by atoms with Gasteiger partial charge >= 0.3 is 0 Å². The number of rotatable bonds is 4. The highest BCUT2D eigenvalue weighted by Crippen LogP contribution is 2.29. The number of nitrogen functional groups attached to an aromatic ring is 1. The molecule has 0 atom stereocenters. The first-order valence-electron chi connectivity index (χ1n) is 6.15. The second kappa shape index (κ2) is 5.61. The van der Waals surface area contributed by atoms with Gasteiger partial charge in [0.05, 0.1) is 25.1 Å². The molecule has 0 spiro atoms. The fourth-order valence-corrected chi connectivity index (χ4v) is 1.83. The molecule has 0 saturated heterocycles. The minimum Gasteiger partial charge on any atom is -0.495 e. The van der Waals surface area contributed by atoms with Crippen LogP contribution in [0, 0.1) is 0 Å². The van der Waals surface area contributed by atoms with Crippen LogP contribution in [0.1, 0.15) is 13.8 Å². The maximum Gasteiger partial charge on any atom is 0.141 e. The third kappa shape index (κ3) is 3.16. The van der Waals surface area contributed by atoms with E-state index in [0.717, 1.165) is 16.9 Å². The van der Waals surface area contributed by atoms with Gasteiger partial charge in [0.25, 0.3) is 0 Å². The Hall–Kier alpha value is -2.23. The molecular formula is C15H18N2O2. The number of pyridine rings is 1. The van der Waals surface area contributed by atoms with Crippen LogP contribution in [0.2, 0.25) is 0 Å². The third-order valence-electron chi connectivity index (χ3n) is 2.65. The van der Waals surface area contributed by atoms with Crippen LogP contribution in [0.3, 0.4) is 0 Å². The quantitative estimate of drug-likeness (QED) is 0.856. The summed E-state index contributed by atoms with van der Waals surface area (Å²) in [6, 6.07) is 7.62. The Morgan fingerprint density at radius 1 is 1.11 bits per heavy atom. The predicted molar refractivity (Wildman–Crippen MR) is 76.4 cm³/mol. The summed E-state index contributed by atoms with van der Waals surface area (Å²) in [5.74, 6) is 1.42. The van der Waals surface area contributed by atoms with Crippen molar-refractivity contribution < 1.29 is 9.47 Å². The van der Waals surface area contributed by atoms with E-state index in [1.165, 1.54) is 0 Å². The Balaban J connectivity index is 2.33. The molecule has 0 fully saturated rings. The van der Waals surface area contributed by atoms with E-state index in [2.05, 4.69) is 4.98 Å². The number of benzene rings is 1. The fraction of sp³-hybridized carbons (Fsp3) is 0.267. The lowest BCUT2D eigenvalue weighted by Crippen LogP contribution is -2.05. The molecule has 4 heteroatoms. The van der Waals surface area contributed by atoms with E-state index >= 15 is 0 Å². The van der Waals surface area contributed by atoms with Crippen LogP contribution in [0.25, 0.3) is 11.1 Å². The van der Waals surface area contributed by atoms with Gasteiger partial charge in [-0.3, -0.25) is 4.98 Å². The predicted octanol–water partition coefficient (Wildman–Crippen LogP) is 3.13. The van der Waals surface area contributed by atoms with Gasteiger partial charge in [-0.1, -0.05) is 6.07 Å². The second-order valence-electron chi connectivity index (χ2n) is 4.53. The van der Waals surface area contributed by atoms with Crippen LogP contribution in [0.4, 0.5) is 5.69 Å². The summed E-state index contributed by atoms with van der Waals surface area (Å²) >= 11 is 0. The van der Waals surface area contributed by atoms with Crippen molar-refractivity contribution in [3.63, 3.8) is 0 Å². The molecule has 2 aromatic rings. The molecule has 0 aliphatic rings. The van der Waals surface area contributed by atoms with Crippen molar-refractivity contribution in [2.45, 2.75) is 20.0 Å². The van der Waals surface area contributed by atoms with E-state index in [4.69, 9.17) is 15.2 Å². The molecule has 0 bridgehead atoms. The number of nitrogens with zero attached hydrogens (tertiary/aromatic N) is 1. The lowest BCUT2D eigenvalue weighted by atomic mass is 10.1. The van der Waals surface area contributed by atoms with Gasteiger partial charge in [-0.25, -0.2) is 0 Å². The van der Waals surface area contributed by atoms with Crippen molar-refractivity contribution in [1.29, 1.82) is 0 Å². The van der Waals surface area contributed by atoms with E-state index in [-0.39, 0.29) is 6.10 Å². The average Bonchev–Trinajstić information content (AvgIpc) is 2.38. The summed E-state index contributed by atoms with van der Waals surface area (Å²) < 4.78 is 10.8. The van der Waals surface area contributed by atoms with Gasteiger partial charge in [-0.2, -0.15) is 0 Å². The average molecular weight is 258 g/mol. The highest BCUT2D eigenvalue weighted by Gasteiger charge is 2.05. The number of anilines is 1. The van der Waals surface area contributed by atoms with E-state index < -0.39 is 0 Å². The molecule has 0 saturated carbocycles. The zero-order chi connectivity index (χ0) is 13.8. The molecule has 100 valence electrons. The zero-order valence-electron chi connectivity index (χ0n) is 11.4.